The maximum absolute atomic E-state index is 10.6. The lowest BCUT2D eigenvalue weighted by Crippen LogP contribution is -2.29. The number of aromatic nitrogens is 2. The second kappa shape index (κ2) is 4.60. The fourth-order valence-corrected chi connectivity index (χ4v) is 2.53. The molecule has 1 aliphatic carbocycles. The van der Waals surface area contributed by atoms with Crippen LogP contribution >= 0.6 is 11.6 Å². The molecule has 3 nitrogen and oxygen atoms in total. The van der Waals surface area contributed by atoms with Crippen LogP contribution in [0.25, 0.3) is 0 Å². The number of rotatable bonds is 3. The first-order valence-corrected chi connectivity index (χ1v) is 6.17. The van der Waals surface area contributed by atoms with Crippen LogP contribution in [0.2, 0.25) is 5.02 Å². The number of halogens is 1. The topological polar surface area (TPSA) is 38.0 Å². The van der Waals surface area contributed by atoms with Gasteiger partial charge in [0, 0.05) is 6.54 Å². The summed E-state index contributed by atoms with van der Waals surface area (Å²) >= 11 is 6.13. The summed E-state index contributed by atoms with van der Waals surface area (Å²) in [6.07, 6.45) is 9.20. The highest BCUT2D eigenvalue weighted by molar-refractivity contribution is 6.31. The van der Waals surface area contributed by atoms with Crippen LogP contribution in [-0.4, -0.2) is 14.9 Å². The van der Waals surface area contributed by atoms with E-state index in [1.807, 2.05) is 16.8 Å². The number of hydrogen-bond acceptors (Lipinski definition) is 2. The van der Waals surface area contributed by atoms with Crippen LogP contribution in [0.5, 0.6) is 0 Å². The molecule has 2 rings (SSSR count). The number of aryl methyl sites for hydroxylation is 1. The number of allylic oxidation sites excluding steroid dienone is 1. The van der Waals surface area contributed by atoms with Crippen LogP contribution < -0.4 is 0 Å². The molecule has 0 radical (unpaired) electrons. The molecule has 1 aromatic heterocycles. The van der Waals surface area contributed by atoms with Crippen molar-refractivity contribution in [3.63, 3.8) is 0 Å². The summed E-state index contributed by atoms with van der Waals surface area (Å²) in [4.78, 5) is 0. The Morgan fingerprint density at radius 3 is 3.06 bits per heavy atom. The van der Waals surface area contributed by atoms with E-state index < -0.39 is 5.60 Å². The molecule has 1 heterocycles. The van der Waals surface area contributed by atoms with Gasteiger partial charge in [0.2, 0.25) is 0 Å². The van der Waals surface area contributed by atoms with E-state index in [0.717, 1.165) is 37.9 Å². The highest BCUT2D eigenvalue weighted by atomic mass is 35.5. The van der Waals surface area contributed by atoms with Crippen LogP contribution in [0.1, 0.15) is 38.3 Å². The van der Waals surface area contributed by atoms with E-state index in [9.17, 15) is 5.11 Å². The molecule has 0 fully saturated rings. The minimum absolute atomic E-state index is 0.558. The highest BCUT2D eigenvalue weighted by Gasteiger charge is 2.33. The SMILES string of the molecule is CCCn1ncc(Cl)c1C1(O)C=CCCC1. The molecule has 0 aromatic carbocycles. The van der Waals surface area contributed by atoms with Gasteiger partial charge in [-0.05, 0) is 25.7 Å². The van der Waals surface area contributed by atoms with Crippen LogP contribution in [0.3, 0.4) is 0 Å². The molecular formula is C12H17ClN2O. The second-order valence-corrected chi connectivity index (χ2v) is 4.69. The summed E-state index contributed by atoms with van der Waals surface area (Å²) in [5, 5.41) is 15.4. The fourth-order valence-electron chi connectivity index (χ4n) is 2.22. The number of nitrogens with zero attached hydrogens (tertiary/aromatic N) is 2. The summed E-state index contributed by atoms with van der Waals surface area (Å²) in [6, 6.07) is 0. The normalized spacial score (nSPS) is 24.9. The summed E-state index contributed by atoms with van der Waals surface area (Å²) < 4.78 is 1.82. The minimum Gasteiger partial charge on any atom is -0.379 e. The van der Waals surface area contributed by atoms with Gasteiger partial charge in [0.15, 0.2) is 0 Å². The molecule has 0 spiro atoms. The smallest absolute Gasteiger partial charge is 0.126 e. The molecule has 88 valence electrons. The van der Waals surface area contributed by atoms with Crippen molar-refractivity contribution < 1.29 is 5.11 Å². The first-order valence-electron chi connectivity index (χ1n) is 5.79. The Morgan fingerprint density at radius 2 is 2.44 bits per heavy atom. The van der Waals surface area contributed by atoms with Gasteiger partial charge in [-0.3, -0.25) is 4.68 Å². The molecule has 16 heavy (non-hydrogen) atoms. The second-order valence-electron chi connectivity index (χ2n) is 4.28. The maximum Gasteiger partial charge on any atom is 0.126 e. The van der Waals surface area contributed by atoms with E-state index in [4.69, 9.17) is 11.6 Å². The largest absolute Gasteiger partial charge is 0.379 e. The molecule has 0 bridgehead atoms. The summed E-state index contributed by atoms with van der Waals surface area (Å²) in [5.41, 5.74) is -0.187. The summed E-state index contributed by atoms with van der Waals surface area (Å²) in [7, 11) is 0. The van der Waals surface area contributed by atoms with E-state index in [0.29, 0.717) is 5.02 Å². The van der Waals surface area contributed by atoms with Gasteiger partial charge in [0.25, 0.3) is 0 Å². The van der Waals surface area contributed by atoms with Gasteiger partial charge in [-0.1, -0.05) is 30.7 Å². The average Bonchev–Trinajstić information content (AvgIpc) is 2.62. The van der Waals surface area contributed by atoms with Crippen molar-refractivity contribution in [3.05, 3.63) is 29.1 Å². The third-order valence-electron chi connectivity index (χ3n) is 2.96. The van der Waals surface area contributed by atoms with E-state index in [1.54, 1.807) is 6.20 Å². The zero-order valence-corrected chi connectivity index (χ0v) is 10.2. The Balaban J connectivity index is 2.41. The first-order chi connectivity index (χ1) is 7.67. The Bertz CT molecular complexity index is 400. The third kappa shape index (κ3) is 2.02. The van der Waals surface area contributed by atoms with Crippen molar-refractivity contribution in [2.75, 3.05) is 0 Å². The zero-order valence-electron chi connectivity index (χ0n) is 9.49. The lowest BCUT2D eigenvalue weighted by molar-refractivity contribution is 0.0628. The van der Waals surface area contributed by atoms with E-state index in [-0.39, 0.29) is 0 Å². The lowest BCUT2D eigenvalue weighted by atomic mass is 9.88. The van der Waals surface area contributed by atoms with Crippen LogP contribution in [-0.2, 0) is 12.1 Å². The summed E-state index contributed by atoms with van der Waals surface area (Å²) in [6.45, 7) is 2.87. The van der Waals surface area contributed by atoms with Crippen molar-refractivity contribution in [2.24, 2.45) is 0 Å². The molecule has 0 saturated carbocycles. The standard InChI is InChI=1S/C12H17ClN2O/c1-2-8-15-11(10(13)9-14-15)12(16)6-4-3-5-7-12/h4,6,9,16H,2-3,5,7-8H2,1H3. The average molecular weight is 241 g/mol. The molecule has 0 aliphatic heterocycles. The van der Waals surface area contributed by atoms with Crippen LogP contribution in [0.15, 0.2) is 18.3 Å². The maximum atomic E-state index is 10.6. The molecule has 4 heteroatoms. The van der Waals surface area contributed by atoms with Gasteiger partial charge < -0.3 is 5.11 Å². The minimum atomic E-state index is -0.930. The molecule has 0 amide bonds. The van der Waals surface area contributed by atoms with Crippen molar-refractivity contribution in [3.8, 4) is 0 Å². The van der Waals surface area contributed by atoms with E-state index in [1.165, 1.54) is 0 Å². The van der Waals surface area contributed by atoms with Crippen molar-refractivity contribution >= 4 is 11.6 Å². The Labute approximate surface area is 101 Å². The van der Waals surface area contributed by atoms with Crippen molar-refractivity contribution in [1.29, 1.82) is 0 Å². The molecule has 1 atom stereocenters. The van der Waals surface area contributed by atoms with Gasteiger partial charge in [-0.2, -0.15) is 5.10 Å². The molecular weight excluding hydrogens is 224 g/mol. The zero-order chi connectivity index (χ0) is 11.6. The molecule has 1 aromatic rings. The van der Waals surface area contributed by atoms with Gasteiger partial charge in [0.1, 0.15) is 5.60 Å². The van der Waals surface area contributed by atoms with E-state index in [2.05, 4.69) is 12.0 Å². The molecule has 1 aliphatic rings. The number of hydrogen-bond donors (Lipinski definition) is 1. The Hall–Kier alpha value is -0.800. The quantitative estimate of drug-likeness (QED) is 0.825. The third-order valence-corrected chi connectivity index (χ3v) is 3.24. The van der Waals surface area contributed by atoms with Crippen molar-refractivity contribution in [2.45, 2.75) is 44.8 Å². The predicted octanol–water partition coefficient (Wildman–Crippen LogP) is 2.87. The van der Waals surface area contributed by atoms with Gasteiger partial charge in [-0.25, -0.2) is 0 Å². The van der Waals surface area contributed by atoms with Gasteiger partial charge >= 0.3 is 0 Å². The van der Waals surface area contributed by atoms with Gasteiger partial charge in [-0.15, -0.1) is 0 Å². The first kappa shape index (κ1) is 11.7. The lowest BCUT2D eigenvalue weighted by Gasteiger charge is -2.28. The van der Waals surface area contributed by atoms with Crippen LogP contribution in [0.4, 0.5) is 0 Å². The van der Waals surface area contributed by atoms with Gasteiger partial charge in [0.05, 0.1) is 16.9 Å². The summed E-state index contributed by atoms with van der Waals surface area (Å²) in [5.74, 6) is 0. The fraction of sp³-hybridized carbons (Fsp3) is 0.583. The monoisotopic (exact) mass is 240 g/mol. The Morgan fingerprint density at radius 1 is 1.62 bits per heavy atom. The van der Waals surface area contributed by atoms with Crippen LogP contribution in [0, 0.1) is 0 Å². The highest BCUT2D eigenvalue weighted by Crippen LogP contribution is 2.36. The van der Waals surface area contributed by atoms with Crippen molar-refractivity contribution in [1.82, 2.24) is 9.78 Å². The predicted molar refractivity (Wildman–Crippen MR) is 64.4 cm³/mol. The molecule has 1 unspecified atom stereocenters. The molecule has 1 N–H and O–H groups in total. The van der Waals surface area contributed by atoms with E-state index >= 15 is 0 Å². The Kier molecular flexibility index (Phi) is 3.36. The molecule has 0 saturated heterocycles. The number of aliphatic hydroxyl groups is 1.